The Hall–Kier alpha value is -3.14. The van der Waals surface area contributed by atoms with Gasteiger partial charge in [-0.15, -0.1) is 0 Å². The number of nitrogens with one attached hydrogen (secondary N) is 1. The molecule has 4 nitrogen and oxygen atoms in total. The van der Waals surface area contributed by atoms with Crippen LogP contribution in [-0.4, -0.2) is 10.9 Å². The van der Waals surface area contributed by atoms with Crippen LogP contribution in [0, 0.1) is 20.8 Å². The summed E-state index contributed by atoms with van der Waals surface area (Å²) in [6.45, 7) is 6.37. The predicted octanol–water partition coefficient (Wildman–Crippen LogP) is 5.16. The van der Waals surface area contributed by atoms with Gasteiger partial charge in [-0.3, -0.25) is 4.79 Å². The van der Waals surface area contributed by atoms with Crippen molar-refractivity contribution in [3.63, 3.8) is 0 Å². The maximum atomic E-state index is 12.4. The minimum absolute atomic E-state index is 0.0313. The van der Waals surface area contributed by atoms with Crippen molar-refractivity contribution in [2.75, 3.05) is 5.32 Å². The molecule has 0 bridgehead atoms. The van der Waals surface area contributed by atoms with Gasteiger partial charge in [-0.2, -0.15) is 0 Å². The standard InChI is InChI=1S/C24H26N2O2/c1-17-18(2)24(26-22(27)15-14-20-10-6-4-7-11-20)25-19(3)23(17)28-16-21-12-8-5-9-13-21/h4-13H,14-16H2,1-3H3,(H,25,26,27). The summed E-state index contributed by atoms with van der Waals surface area (Å²) in [6.07, 6.45) is 1.14. The largest absolute Gasteiger partial charge is 0.487 e. The van der Waals surface area contributed by atoms with Gasteiger partial charge in [-0.1, -0.05) is 60.7 Å². The Labute approximate surface area is 166 Å². The Balaban J connectivity index is 1.66. The number of pyridine rings is 1. The van der Waals surface area contributed by atoms with Crippen molar-refractivity contribution in [1.29, 1.82) is 0 Å². The number of nitrogens with zero attached hydrogens (tertiary/aromatic N) is 1. The average molecular weight is 374 g/mol. The van der Waals surface area contributed by atoms with Crippen LogP contribution in [0.2, 0.25) is 0 Å². The molecule has 28 heavy (non-hydrogen) atoms. The van der Waals surface area contributed by atoms with Gasteiger partial charge in [0.1, 0.15) is 18.2 Å². The molecule has 0 aliphatic carbocycles. The van der Waals surface area contributed by atoms with E-state index in [1.54, 1.807) is 0 Å². The van der Waals surface area contributed by atoms with E-state index >= 15 is 0 Å². The van der Waals surface area contributed by atoms with Gasteiger partial charge in [0.2, 0.25) is 5.91 Å². The fourth-order valence-electron chi connectivity index (χ4n) is 3.08. The molecule has 144 valence electrons. The first-order valence-electron chi connectivity index (χ1n) is 9.53. The van der Waals surface area contributed by atoms with Crippen molar-refractivity contribution in [2.24, 2.45) is 0 Å². The lowest BCUT2D eigenvalue weighted by atomic mass is 10.1. The van der Waals surface area contributed by atoms with E-state index in [1.165, 1.54) is 0 Å². The Bertz CT molecular complexity index is 938. The Kier molecular flexibility index (Phi) is 6.43. The van der Waals surface area contributed by atoms with Crippen molar-refractivity contribution < 1.29 is 9.53 Å². The van der Waals surface area contributed by atoms with Crippen LogP contribution in [0.15, 0.2) is 60.7 Å². The van der Waals surface area contributed by atoms with E-state index in [2.05, 4.69) is 10.3 Å². The molecule has 0 aliphatic rings. The molecule has 0 radical (unpaired) electrons. The molecule has 1 aromatic heterocycles. The predicted molar refractivity (Wildman–Crippen MR) is 113 cm³/mol. The summed E-state index contributed by atoms with van der Waals surface area (Å²) in [4.78, 5) is 17.0. The van der Waals surface area contributed by atoms with Crippen LogP contribution >= 0.6 is 0 Å². The van der Waals surface area contributed by atoms with Crippen LogP contribution in [0.1, 0.15) is 34.4 Å². The zero-order valence-corrected chi connectivity index (χ0v) is 16.7. The summed E-state index contributed by atoms with van der Waals surface area (Å²) in [6, 6.07) is 20.1. The molecule has 0 atom stereocenters. The van der Waals surface area contributed by atoms with Crippen LogP contribution in [0.3, 0.4) is 0 Å². The third kappa shape index (κ3) is 4.97. The van der Waals surface area contributed by atoms with Gasteiger partial charge in [0.05, 0.1) is 5.69 Å². The van der Waals surface area contributed by atoms with E-state index in [4.69, 9.17) is 4.74 Å². The van der Waals surface area contributed by atoms with Crippen molar-refractivity contribution in [3.8, 4) is 5.75 Å². The number of aromatic nitrogens is 1. The molecule has 4 heteroatoms. The van der Waals surface area contributed by atoms with E-state index in [0.29, 0.717) is 25.3 Å². The number of hydrogen-bond acceptors (Lipinski definition) is 3. The monoisotopic (exact) mass is 374 g/mol. The second kappa shape index (κ2) is 9.18. The molecule has 0 unspecified atom stereocenters. The third-order valence-electron chi connectivity index (χ3n) is 4.83. The van der Waals surface area contributed by atoms with E-state index in [-0.39, 0.29) is 5.91 Å². The van der Waals surface area contributed by atoms with Crippen LogP contribution < -0.4 is 10.1 Å². The number of rotatable bonds is 7. The van der Waals surface area contributed by atoms with Crippen molar-refractivity contribution in [2.45, 2.75) is 40.2 Å². The Morgan fingerprint density at radius 1 is 0.893 bits per heavy atom. The van der Waals surface area contributed by atoms with E-state index in [9.17, 15) is 4.79 Å². The fourth-order valence-corrected chi connectivity index (χ4v) is 3.08. The zero-order valence-electron chi connectivity index (χ0n) is 16.7. The Morgan fingerprint density at radius 2 is 1.50 bits per heavy atom. The summed E-state index contributed by atoms with van der Waals surface area (Å²) in [5.41, 5.74) is 4.97. The number of carbonyl (C=O) groups is 1. The second-order valence-electron chi connectivity index (χ2n) is 6.93. The molecule has 0 spiro atoms. The van der Waals surface area contributed by atoms with Crippen LogP contribution in [0.5, 0.6) is 5.75 Å². The molecular weight excluding hydrogens is 348 g/mol. The second-order valence-corrected chi connectivity index (χ2v) is 6.93. The lowest BCUT2D eigenvalue weighted by Crippen LogP contribution is -2.16. The molecule has 1 heterocycles. The lowest BCUT2D eigenvalue weighted by Gasteiger charge is -2.17. The van der Waals surface area contributed by atoms with Crippen LogP contribution in [0.25, 0.3) is 0 Å². The molecule has 1 amide bonds. The lowest BCUT2D eigenvalue weighted by molar-refractivity contribution is -0.116. The molecule has 1 N–H and O–H groups in total. The van der Waals surface area contributed by atoms with Gasteiger partial charge in [0.25, 0.3) is 0 Å². The highest BCUT2D eigenvalue weighted by Crippen LogP contribution is 2.29. The van der Waals surface area contributed by atoms with E-state index < -0.39 is 0 Å². The van der Waals surface area contributed by atoms with Gasteiger partial charge in [-0.25, -0.2) is 4.98 Å². The minimum atomic E-state index is -0.0313. The van der Waals surface area contributed by atoms with Gasteiger partial charge < -0.3 is 10.1 Å². The average Bonchev–Trinajstić information content (AvgIpc) is 2.72. The molecule has 0 saturated heterocycles. The molecule has 3 rings (SSSR count). The normalized spacial score (nSPS) is 10.5. The van der Waals surface area contributed by atoms with Gasteiger partial charge in [0, 0.05) is 6.42 Å². The molecule has 0 aliphatic heterocycles. The molecule has 2 aromatic carbocycles. The number of aryl methyl sites for hydroxylation is 2. The zero-order chi connectivity index (χ0) is 19.9. The highest BCUT2D eigenvalue weighted by Gasteiger charge is 2.15. The van der Waals surface area contributed by atoms with Crippen LogP contribution in [-0.2, 0) is 17.8 Å². The maximum absolute atomic E-state index is 12.4. The van der Waals surface area contributed by atoms with E-state index in [1.807, 2.05) is 81.4 Å². The number of ether oxygens (including phenoxy) is 1. The summed E-state index contributed by atoms with van der Waals surface area (Å²) in [7, 11) is 0. The topological polar surface area (TPSA) is 51.2 Å². The number of hydrogen-bond donors (Lipinski definition) is 1. The summed E-state index contributed by atoms with van der Waals surface area (Å²) in [5.74, 6) is 1.36. The number of carbonyl (C=O) groups excluding carboxylic acids is 1. The minimum Gasteiger partial charge on any atom is -0.487 e. The fraction of sp³-hybridized carbons (Fsp3) is 0.250. The number of benzene rings is 2. The number of amides is 1. The van der Waals surface area contributed by atoms with Gasteiger partial charge in [-0.05, 0) is 49.4 Å². The first-order valence-corrected chi connectivity index (χ1v) is 9.53. The summed E-state index contributed by atoms with van der Waals surface area (Å²) in [5, 5.41) is 2.96. The quantitative estimate of drug-likeness (QED) is 0.622. The van der Waals surface area contributed by atoms with Crippen LogP contribution in [0.4, 0.5) is 5.82 Å². The highest BCUT2D eigenvalue weighted by atomic mass is 16.5. The van der Waals surface area contributed by atoms with Crippen molar-refractivity contribution >= 4 is 11.7 Å². The SMILES string of the molecule is Cc1nc(NC(=O)CCc2ccccc2)c(C)c(C)c1OCc1ccccc1. The first kappa shape index (κ1) is 19.6. The molecule has 3 aromatic rings. The molecule has 0 fully saturated rings. The first-order chi connectivity index (χ1) is 13.5. The molecule has 0 saturated carbocycles. The van der Waals surface area contributed by atoms with E-state index in [0.717, 1.165) is 33.7 Å². The summed E-state index contributed by atoms with van der Waals surface area (Å²) >= 11 is 0. The molecular formula is C24H26N2O2. The van der Waals surface area contributed by atoms with Crippen molar-refractivity contribution in [1.82, 2.24) is 4.98 Å². The van der Waals surface area contributed by atoms with Crippen molar-refractivity contribution in [3.05, 3.63) is 88.6 Å². The maximum Gasteiger partial charge on any atom is 0.225 e. The third-order valence-corrected chi connectivity index (χ3v) is 4.83. The smallest absolute Gasteiger partial charge is 0.225 e. The number of anilines is 1. The summed E-state index contributed by atoms with van der Waals surface area (Å²) < 4.78 is 6.02. The van der Waals surface area contributed by atoms with Gasteiger partial charge in [0.15, 0.2) is 0 Å². The van der Waals surface area contributed by atoms with Gasteiger partial charge >= 0.3 is 0 Å². The Morgan fingerprint density at radius 3 is 2.14 bits per heavy atom. The highest BCUT2D eigenvalue weighted by molar-refractivity contribution is 5.90.